The van der Waals surface area contributed by atoms with Crippen LogP contribution in [0.1, 0.15) is 21.6 Å². The summed E-state index contributed by atoms with van der Waals surface area (Å²) in [4.78, 5) is 15.9. The Morgan fingerprint density at radius 2 is 1.90 bits per heavy atom. The maximum Gasteiger partial charge on any atom is 0.417 e. The van der Waals surface area contributed by atoms with Crippen molar-refractivity contribution in [3.63, 3.8) is 0 Å². The monoisotopic (exact) mass is 361 g/mol. The first-order valence-electron chi connectivity index (χ1n) is 5.78. The van der Waals surface area contributed by atoms with Gasteiger partial charge in [0, 0.05) is 21.9 Å². The van der Waals surface area contributed by atoms with E-state index in [4.69, 9.17) is 0 Å². The summed E-state index contributed by atoms with van der Waals surface area (Å²) in [6.07, 6.45) is -3.62. The van der Waals surface area contributed by atoms with Crippen molar-refractivity contribution < 1.29 is 22.4 Å². The molecule has 21 heavy (non-hydrogen) atoms. The normalized spacial score (nSPS) is 11.5. The summed E-state index contributed by atoms with van der Waals surface area (Å²) >= 11 is 3.16. The number of benzene rings is 1. The van der Waals surface area contributed by atoms with E-state index in [9.17, 15) is 22.4 Å². The molecule has 2 aromatic rings. The van der Waals surface area contributed by atoms with Crippen molar-refractivity contribution in [3.8, 4) is 0 Å². The number of carbonyl (C=O) groups excluding carboxylic acids is 1. The minimum atomic E-state index is -4.72. The van der Waals surface area contributed by atoms with E-state index in [-0.39, 0.29) is 6.42 Å². The summed E-state index contributed by atoms with van der Waals surface area (Å²) in [7, 11) is 0. The van der Waals surface area contributed by atoms with Crippen molar-refractivity contribution in [2.75, 3.05) is 0 Å². The smallest absolute Gasteiger partial charge is 0.294 e. The molecule has 1 heterocycles. The van der Waals surface area contributed by atoms with Crippen LogP contribution < -0.4 is 0 Å². The van der Waals surface area contributed by atoms with Crippen LogP contribution in [-0.2, 0) is 12.6 Å². The minimum Gasteiger partial charge on any atom is -0.294 e. The van der Waals surface area contributed by atoms with E-state index in [1.165, 1.54) is 12.3 Å². The van der Waals surface area contributed by atoms with Gasteiger partial charge in [0.25, 0.3) is 0 Å². The fraction of sp³-hybridized carbons (Fsp3) is 0.143. The second-order valence-electron chi connectivity index (χ2n) is 4.26. The molecule has 1 aromatic carbocycles. The second kappa shape index (κ2) is 5.93. The Bertz CT molecular complexity index is 668. The van der Waals surface area contributed by atoms with Gasteiger partial charge in [-0.3, -0.25) is 9.78 Å². The largest absolute Gasteiger partial charge is 0.417 e. The summed E-state index contributed by atoms with van der Waals surface area (Å²) in [6, 6.07) is 4.97. The van der Waals surface area contributed by atoms with Crippen LogP contribution in [0.2, 0.25) is 0 Å². The fourth-order valence-electron chi connectivity index (χ4n) is 1.77. The molecule has 0 aliphatic rings. The third kappa shape index (κ3) is 3.87. The highest BCUT2D eigenvalue weighted by atomic mass is 79.9. The summed E-state index contributed by atoms with van der Waals surface area (Å²) < 4.78 is 52.3. The zero-order valence-electron chi connectivity index (χ0n) is 10.4. The van der Waals surface area contributed by atoms with Gasteiger partial charge in [-0.15, -0.1) is 0 Å². The quantitative estimate of drug-likeness (QED) is 0.598. The number of alkyl halides is 3. The van der Waals surface area contributed by atoms with Gasteiger partial charge in [-0.05, 0) is 46.3 Å². The Balaban J connectivity index is 2.34. The number of carbonyl (C=O) groups is 1. The van der Waals surface area contributed by atoms with Gasteiger partial charge in [-0.1, -0.05) is 0 Å². The van der Waals surface area contributed by atoms with Crippen molar-refractivity contribution in [1.82, 2.24) is 4.98 Å². The Hall–Kier alpha value is -1.76. The molecule has 0 saturated carbocycles. The van der Waals surface area contributed by atoms with Crippen LogP contribution in [0.4, 0.5) is 17.6 Å². The minimum absolute atomic E-state index is 0.306. The number of halogens is 5. The highest BCUT2D eigenvalue weighted by Gasteiger charge is 2.35. The molecule has 2 rings (SSSR count). The molecule has 0 aliphatic carbocycles. The third-order valence-electron chi connectivity index (χ3n) is 2.72. The maximum atomic E-state index is 13.1. The summed E-state index contributed by atoms with van der Waals surface area (Å²) in [6.45, 7) is 0. The zero-order valence-corrected chi connectivity index (χ0v) is 12.0. The topological polar surface area (TPSA) is 30.0 Å². The molecule has 110 valence electrons. The molecule has 0 saturated heterocycles. The Labute approximate surface area is 125 Å². The van der Waals surface area contributed by atoms with E-state index in [1.807, 2.05) is 0 Å². The zero-order chi connectivity index (χ0) is 15.6. The molecular formula is C14H8BrF4NO. The van der Waals surface area contributed by atoms with Crippen LogP contribution in [0.3, 0.4) is 0 Å². The number of hydrogen-bond acceptors (Lipinski definition) is 2. The molecule has 0 amide bonds. The maximum absolute atomic E-state index is 13.1. The number of pyridine rings is 1. The molecule has 0 bridgehead atoms. The average molecular weight is 362 g/mol. The molecule has 7 heteroatoms. The third-order valence-corrected chi connectivity index (χ3v) is 3.19. The second-order valence-corrected chi connectivity index (χ2v) is 5.17. The summed E-state index contributed by atoms with van der Waals surface area (Å²) in [5.41, 5.74) is -1.53. The van der Waals surface area contributed by atoms with Crippen LogP contribution in [0.25, 0.3) is 0 Å². The van der Waals surface area contributed by atoms with E-state index in [2.05, 4.69) is 20.9 Å². The molecular weight excluding hydrogens is 354 g/mol. The highest BCUT2D eigenvalue weighted by Crippen LogP contribution is 2.32. The number of aromatic nitrogens is 1. The lowest BCUT2D eigenvalue weighted by molar-refractivity contribution is -0.137. The SMILES string of the molecule is O=C(Cc1ccc(Br)cn1)c1cc(F)ccc1C(F)(F)F. The fourth-order valence-corrected chi connectivity index (χ4v) is 2.00. The van der Waals surface area contributed by atoms with Crippen molar-refractivity contribution >= 4 is 21.7 Å². The van der Waals surface area contributed by atoms with Gasteiger partial charge >= 0.3 is 6.18 Å². The van der Waals surface area contributed by atoms with Gasteiger partial charge in [-0.25, -0.2) is 4.39 Å². The van der Waals surface area contributed by atoms with Gasteiger partial charge < -0.3 is 0 Å². The Morgan fingerprint density at radius 1 is 1.19 bits per heavy atom. The van der Waals surface area contributed by atoms with E-state index in [0.29, 0.717) is 28.4 Å². The predicted octanol–water partition coefficient (Wildman–Crippen LogP) is 4.43. The number of nitrogens with zero attached hydrogens (tertiary/aromatic N) is 1. The molecule has 0 atom stereocenters. The van der Waals surface area contributed by atoms with Crippen molar-refractivity contribution in [2.24, 2.45) is 0 Å². The molecule has 0 radical (unpaired) electrons. The van der Waals surface area contributed by atoms with Crippen molar-refractivity contribution in [1.29, 1.82) is 0 Å². The molecule has 1 aromatic heterocycles. The van der Waals surface area contributed by atoms with Gasteiger partial charge in [0.1, 0.15) is 5.82 Å². The van der Waals surface area contributed by atoms with E-state index in [0.717, 1.165) is 0 Å². The lowest BCUT2D eigenvalue weighted by atomic mass is 9.99. The number of Topliss-reactive ketones (excluding diaryl/α,β-unsaturated/α-hetero) is 1. The molecule has 0 aliphatic heterocycles. The molecule has 0 unspecified atom stereocenters. The number of ketones is 1. The predicted molar refractivity (Wildman–Crippen MR) is 71.4 cm³/mol. The number of hydrogen-bond donors (Lipinski definition) is 0. The lowest BCUT2D eigenvalue weighted by Crippen LogP contribution is -2.15. The highest BCUT2D eigenvalue weighted by molar-refractivity contribution is 9.10. The lowest BCUT2D eigenvalue weighted by Gasteiger charge is -2.12. The number of rotatable bonds is 3. The summed E-state index contributed by atoms with van der Waals surface area (Å²) in [5, 5.41) is 0. The molecule has 0 fully saturated rings. The first-order valence-corrected chi connectivity index (χ1v) is 6.57. The van der Waals surface area contributed by atoms with Crippen molar-refractivity contribution in [3.05, 3.63) is 63.6 Å². The Kier molecular flexibility index (Phi) is 4.41. The first kappa shape index (κ1) is 15.6. The van der Waals surface area contributed by atoms with Crippen LogP contribution in [-0.4, -0.2) is 10.8 Å². The van der Waals surface area contributed by atoms with Gasteiger partial charge in [-0.2, -0.15) is 13.2 Å². The summed E-state index contributed by atoms with van der Waals surface area (Å²) in [5.74, 6) is -1.73. The molecule has 2 nitrogen and oxygen atoms in total. The van der Waals surface area contributed by atoms with Gasteiger partial charge in [0.05, 0.1) is 12.0 Å². The van der Waals surface area contributed by atoms with E-state index in [1.54, 1.807) is 6.07 Å². The standard InChI is InChI=1S/C14H8BrF4NO/c15-8-1-3-10(20-7-8)6-13(21)11-5-9(16)2-4-12(11)14(17,18)19/h1-5,7H,6H2. The average Bonchev–Trinajstić information content (AvgIpc) is 2.40. The van der Waals surface area contributed by atoms with Gasteiger partial charge in [0.2, 0.25) is 0 Å². The van der Waals surface area contributed by atoms with Crippen molar-refractivity contribution in [2.45, 2.75) is 12.6 Å². The van der Waals surface area contributed by atoms with Crippen LogP contribution in [0, 0.1) is 5.82 Å². The van der Waals surface area contributed by atoms with Crippen LogP contribution >= 0.6 is 15.9 Å². The first-order chi connectivity index (χ1) is 9.77. The molecule has 0 spiro atoms. The van der Waals surface area contributed by atoms with Gasteiger partial charge in [0.15, 0.2) is 5.78 Å². The van der Waals surface area contributed by atoms with Crippen LogP contribution in [0.5, 0.6) is 0 Å². The Morgan fingerprint density at radius 3 is 2.48 bits per heavy atom. The van der Waals surface area contributed by atoms with E-state index < -0.39 is 28.9 Å². The van der Waals surface area contributed by atoms with E-state index >= 15 is 0 Å². The molecule has 0 N–H and O–H groups in total. The van der Waals surface area contributed by atoms with Crippen LogP contribution in [0.15, 0.2) is 41.0 Å².